The van der Waals surface area contributed by atoms with Crippen LogP contribution in [0.2, 0.25) is 0 Å². The van der Waals surface area contributed by atoms with E-state index in [1.807, 2.05) is 0 Å². The molecule has 174 valence electrons. The molecular formula is C22H25FN6O4. The lowest BCUT2D eigenvalue weighted by Gasteiger charge is -2.22. The van der Waals surface area contributed by atoms with Crippen molar-refractivity contribution in [2.75, 3.05) is 50.6 Å². The fraction of sp³-hybridized carbons (Fsp3) is 0.364. The first-order chi connectivity index (χ1) is 15.7. The lowest BCUT2D eigenvalue weighted by molar-refractivity contribution is 0.0949. The van der Waals surface area contributed by atoms with Crippen LogP contribution in [0.1, 0.15) is 16.9 Å². The topological polar surface area (TPSA) is 110 Å². The molecule has 0 radical (unpaired) electrons. The number of amides is 3. The zero-order valence-corrected chi connectivity index (χ0v) is 18.6. The molecule has 0 bridgehead atoms. The number of fused-ring (bicyclic) bond motifs is 1. The van der Waals surface area contributed by atoms with Crippen molar-refractivity contribution in [1.29, 1.82) is 0 Å². The maximum absolute atomic E-state index is 13.2. The number of halogens is 1. The number of carbonyl (C=O) groups is 2. The van der Waals surface area contributed by atoms with Crippen molar-refractivity contribution in [3.05, 3.63) is 52.1 Å². The van der Waals surface area contributed by atoms with Crippen LogP contribution in [0.4, 0.5) is 20.6 Å². The quantitative estimate of drug-likeness (QED) is 0.702. The highest BCUT2D eigenvalue weighted by Crippen LogP contribution is 2.29. The smallest absolute Gasteiger partial charge is 0.324 e. The van der Waals surface area contributed by atoms with Crippen LogP contribution >= 0.6 is 0 Å². The van der Waals surface area contributed by atoms with E-state index in [4.69, 9.17) is 0 Å². The molecule has 4 rings (SSSR count). The standard InChI is InChI=1S/C22H25FN6O4/c1-26(2)15-10-16(28-9-8-27(3)22(28)33)19-25-17(18(30)21(32)29(19)12-15)20(31)24-11-13-4-6-14(23)7-5-13/h4-6,10,12,14,30H,7-9,11H2,1-3H3,(H,24,31). The normalized spacial score (nSPS) is 18.1. The van der Waals surface area contributed by atoms with Gasteiger partial charge in [0.2, 0.25) is 5.75 Å². The Labute approximate surface area is 189 Å². The van der Waals surface area contributed by atoms with Crippen molar-refractivity contribution >= 4 is 29.0 Å². The van der Waals surface area contributed by atoms with Crippen LogP contribution in [0.3, 0.4) is 0 Å². The van der Waals surface area contributed by atoms with Gasteiger partial charge in [-0.05, 0) is 11.6 Å². The zero-order valence-electron chi connectivity index (χ0n) is 18.6. The van der Waals surface area contributed by atoms with Gasteiger partial charge in [0.05, 0.1) is 11.4 Å². The molecule has 0 spiro atoms. The number of pyridine rings is 1. The van der Waals surface area contributed by atoms with E-state index in [-0.39, 0.29) is 24.6 Å². The molecule has 1 atom stereocenters. The number of rotatable bonds is 5. The third kappa shape index (κ3) is 4.13. The van der Waals surface area contributed by atoms with Crippen molar-refractivity contribution < 1.29 is 19.1 Å². The number of urea groups is 1. The van der Waals surface area contributed by atoms with Gasteiger partial charge in [-0.25, -0.2) is 14.2 Å². The third-order valence-corrected chi connectivity index (χ3v) is 5.68. The molecule has 10 nitrogen and oxygen atoms in total. The molecule has 33 heavy (non-hydrogen) atoms. The summed E-state index contributed by atoms with van der Waals surface area (Å²) in [6, 6.07) is 1.45. The first kappa shape index (κ1) is 22.3. The summed E-state index contributed by atoms with van der Waals surface area (Å²) in [4.78, 5) is 47.5. The Morgan fingerprint density at radius 2 is 2.09 bits per heavy atom. The van der Waals surface area contributed by atoms with Gasteiger partial charge in [-0.1, -0.05) is 18.2 Å². The predicted molar refractivity (Wildman–Crippen MR) is 122 cm³/mol. The second-order valence-electron chi connectivity index (χ2n) is 8.21. The van der Waals surface area contributed by atoms with Gasteiger partial charge >= 0.3 is 11.6 Å². The molecular weight excluding hydrogens is 431 g/mol. The highest BCUT2D eigenvalue weighted by Gasteiger charge is 2.30. The maximum Gasteiger partial charge on any atom is 0.324 e. The number of aromatic hydroxyl groups is 1. The molecule has 1 unspecified atom stereocenters. The van der Waals surface area contributed by atoms with Crippen molar-refractivity contribution in [2.24, 2.45) is 0 Å². The first-order valence-electron chi connectivity index (χ1n) is 10.5. The van der Waals surface area contributed by atoms with E-state index >= 15 is 0 Å². The molecule has 1 fully saturated rings. The van der Waals surface area contributed by atoms with Crippen LogP contribution in [0.5, 0.6) is 5.75 Å². The van der Waals surface area contributed by atoms with Gasteiger partial charge < -0.3 is 20.2 Å². The Balaban J connectivity index is 1.77. The first-order valence-corrected chi connectivity index (χ1v) is 10.5. The highest BCUT2D eigenvalue weighted by atomic mass is 19.1. The lowest BCUT2D eigenvalue weighted by Crippen LogP contribution is -2.32. The number of likely N-dealkylation sites (N-methyl/N-ethyl adjacent to an activating group) is 1. The number of alkyl halides is 1. The van der Waals surface area contributed by atoms with E-state index in [2.05, 4.69) is 10.3 Å². The summed E-state index contributed by atoms with van der Waals surface area (Å²) in [6.07, 6.45) is 5.31. The molecule has 0 aromatic carbocycles. The Morgan fingerprint density at radius 3 is 2.70 bits per heavy atom. The van der Waals surface area contributed by atoms with E-state index < -0.39 is 29.1 Å². The summed E-state index contributed by atoms with van der Waals surface area (Å²) in [5.41, 5.74) is 0.483. The van der Waals surface area contributed by atoms with Crippen molar-refractivity contribution in [1.82, 2.24) is 19.6 Å². The van der Waals surface area contributed by atoms with Crippen molar-refractivity contribution in [2.45, 2.75) is 12.6 Å². The van der Waals surface area contributed by atoms with Crippen LogP contribution < -0.4 is 20.7 Å². The van der Waals surface area contributed by atoms with Gasteiger partial charge in [0, 0.05) is 53.4 Å². The van der Waals surface area contributed by atoms with Crippen LogP contribution in [-0.4, -0.2) is 78.3 Å². The summed E-state index contributed by atoms with van der Waals surface area (Å²) in [5, 5.41) is 13.1. The number of nitrogens with one attached hydrogen (secondary N) is 1. The van der Waals surface area contributed by atoms with Crippen LogP contribution in [0, 0.1) is 0 Å². The number of hydrogen-bond donors (Lipinski definition) is 2. The number of aromatic nitrogens is 2. The SMILES string of the molecule is CN1CCN(c2cc(N(C)C)cn3c(=O)c(O)c(C(=O)NCC4=CCC(F)C=C4)nc23)C1=O. The number of carbonyl (C=O) groups excluding carboxylic acids is 2. The fourth-order valence-corrected chi connectivity index (χ4v) is 3.71. The summed E-state index contributed by atoms with van der Waals surface area (Å²) in [5.74, 6) is -1.55. The van der Waals surface area contributed by atoms with Gasteiger partial charge in [-0.15, -0.1) is 0 Å². The number of anilines is 2. The zero-order chi connectivity index (χ0) is 23.9. The molecule has 2 N–H and O–H groups in total. The maximum atomic E-state index is 13.2. The minimum Gasteiger partial charge on any atom is -0.501 e. The van der Waals surface area contributed by atoms with E-state index in [0.29, 0.717) is 30.0 Å². The van der Waals surface area contributed by atoms with Crippen LogP contribution in [-0.2, 0) is 0 Å². The summed E-state index contributed by atoms with van der Waals surface area (Å²) in [7, 11) is 5.23. The van der Waals surface area contributed by atoms with Crippen molar-refractivity contribution in [3.8, 4) is 5.75 Å². The largest absolute Gasteiger partial charge is 0.501 e. The average Bonchev–Trinajstić information content (AvgIpc) is 3.13. The molecule has 0 saturated carbocycles. The van der Waals surface area contributed by atoms with E-state index in [9.17, 15) is 23.9 Å². The molecule has 1 aliphatic carbocycles. The number of allylic oxidation sites excluding steroid dienone is 2. The van der Waals surface area contributed by atoms with Crippen molar-refractivity contribution in [3.63, 3.8) is 0 Å². The molecule has 3 amide bonds. The van der Waals surface area contributed by atoms with E-state index in [0.717, 1.165) is 4.40 Å². The second-order valence-corrected chi connectivity index (χ2v) is 8.21. The van der Waals surface area contributed by atoms with Gasteiger partial charge in [0.25, 0.3) is 5.91 Å². The van der Waals surface area contributed by atoms with Gasteiger partial charge in [-0.3, -0.25) is 18.9 Å². The van der Waals surface area contributed by atoms with E-state index in [1.54, 1.807) is 49.2 Å². The molecule has 2 aliphatic rings. The fourth-order valence-electron chi connectivity index (χ4n) is 3.71. The molecule has 1 saturated heterocycles. The summed E-state index contributed by atoms with van der Waals surface area (Å²) >= 11 is 0. The highest BCUT2D eigenvalue weighted by molar-refractivity contribution is 6.00. The summed E-state index contributed by atoms with van der Waals surface area (Å²) < 4.78 is 14.4. The Kier molecular flexibility index (Phi) is 5.79. The molecule has 3 heterocycles. The average molecular weight is 456 g/mol. The van der Waals surface area contributed by atoms with Gasteiger partial charge in [0.15, 0.2) is 11.3 Å². The molecule has 1 aliphatic heterocycles. The molecule has 2 aromatic heterocycles. The number of nitrogens with zero attached hydrogens (tertiary/aromatic N) is 5. The second kappa shape index (κ2) is 8.57. The van der Waals surface area contributed by atoms with E-state index in [1.165, 1.54) is 17.2 Å². The summed E-state index contributed by atoms with van der Waals surface area (Å²) in [6.45, 7) is 0.968. The number of hydrogen-bond acceptors (Lipinski definition) is 6. The molecule has 11 heteroatoms. The Morgan fingerprint density at radius 1 is 1.33 bits per heavy atom. The monoisotopic (exact) mass is 456 g/mol. The Hall–Kier alpha value is -3.89. The minimum absolute atomic E-state index is 0.0780. The van der Waals surface area contributed by atoms with Gasteiger partial charge in [0.1, 0.15) is 6.17 Å². The van der Waals surface area contributed by atoms with Crippen LogP contribution in [0.25, 0.3) is 5.65 Å². The Bertz CT molecular complexity index is 1250. The minimum atomic E-state index is -1.05. The molecule has 2 aromatic rings. The van der Waals surface area contributed by atoms with Crippen LogP contribution in [0.15, 0.2) is 40.9 Å². The lowest BCUT2D eigenvalue weighted by atomic mass is 10.1. The third-order valence-electron chi connectivity index (χ3n) is 5.68. The predicted octanol–water partition coefficient (Wildman–Crippen LogP) is 1.29. The van der Waals surface area contributed by atoms with Gasteiger partial charge in [-0.2, -0.15) is 0 Å².